The highest BCUT2D eigenvalue weighted by Gasteiger charge is 2.60. The van der Waals surface area contributed by atoms with Gasteiger partial charge in [-0.15, -0.1) is 11.8 Å². The fourth-order valence-electron chi connectivity index (χ4n) is 4.93. The second-order valence-corrected chi connectivity index (χ2v) is 10.5. The fraction of sp³-hybridized carbons (Fsp3) is 0.583. The molecule has 4 N–H and O–H groups in total. The number of aliphatic hydroxyl groups is 2. The van der Waals surface area contributed by atoms with Gasteiger partial charge in [-0.2, -0.15) is 0 Å². The first-order chi connectivity index (χ1) is 17.5. The minimum Gasteiger partial charge on any atom is -0.477 e. The van der Waals surface area contributed by atoms with Crippen LogP contribution in [-0.2, 0) is 19.1 Å². The van der Waals surface area contributed by atoms with Crippen molar-refractivity contribution in [3.05, 3.63) is 35.9 Å². The zero-order valence-electron chi connectivity index (χ0n) is 20.7. The van der Waals surface area contributed by atoms with Gasteiger partial charge in [0.15, 0.2) is 0 Å². The summed E-state index contributed by atoms with van der Waals surface area (Å²) in [6, 6.07) is -0.914. The second-order valence-electron chi connectivity index (χ2n) is 9.17. The number of aliphatic hydroxyl groups excluding tert-OH is 2. The number of nitrogens with zero attached hydrogens (tertiary/aromatic N) is 2. The number of nitrogens with one attached hydrogen (secondary N) is 1. The number of rotatable bonds is 11. The first-order valence-electron chi connectivity index (χ1n) is 11.9. The van der Waals surface area contributed by atoms with E-state index >= 15 is 0 Å². The van der Waals surface area contributed by atoms with E-state index in [1.54, 1.807) is 0 Å². The molecule has 2 fully saturated rings. The molecule has 13 heteroatoms. The average molecular weight is 540 g/mol. The summed E-state index contributed by atoms with van der Waals surface area (Å²) in [7, 11) is 0. The standard InChI is InChI=1S/C24H33N3O9S/c1-5-7-35-23(33)26(24(34)36-8-6-2)11-16(29)15-9-14(10-25-15)37-20-12(3)18-17(13(4)28)21(30)27(18)19(20)22(31)32/h5-6,12-18,25,28-29H,1-2,7-11H2,3-4H3,(H,31,32)/t12-,13-,14+,15+,16?,17-,18-/m1/s1. The summed E-state index contributed by atoms with van der Waals surface area (Å²) in [5, 5.41) is 33.7. The molecule has 3 rings (SSSR count). The van der Waals surface area contributed by atoms with Crippen molar-refractivity contribution < 1.29 is 44.0 Å². The van der Waals surface area contributed by atoms with E-state index in [0.717, 1.165) is 0 Å². The van der Waals surface area contributed by atoms with Gasteiger partial charge in [-0.3, -0.25) is 4.79 Å². The monoisotopic (exact) mass is 539 g/mol. The molecule has 0 bridgehead atoms. The number of hydrogen-bond donors (Lipinski definition) is 4. The van der Waals surface area contributed by atoms with Crippen molar-refractivity contribution in [3.8, 4) is 0 Å². The van der Waals surface area contributed by atoms with E-state index in [-0.39, 0.29) is 36.6 Å². The quantitative estimate of drug-likeness (QED) is 0.218. The lowest BCUT2D eigenvalue weighted by atomic mass is 9.79. The maximum absolute atomic E-state index is 12.5. The summed E-state index contributed by atoms with van der Waals surface area (Å²) in [4.78, 5) is 51.7. The van der Waals surface area contributed by atoms with Crippen molar-refractivity contribution in [2.24, 2.45) is 11.8 Å². The minimum atomic E-state index is -1.21. The van der Waals surface area contributed by atoms with Crippen molar-refractivity contribution in [2.75, 3.05) is 26.3 Å². The van der Waals surface area contributed by atoms with Gasteiger partial charge in [-0.05, 0) is 13.3 Å². The molecule has 12 nitrogen and oxygen atoms in total. The van der Waals surface area contributed by atoms with Gasteiger partial charge in [0.1, 0.15) is 18.9 Å². The molecule has 0 spiro atoms. The molecule has 3 heterocycles. The molecule has 0 aliphatic carbocycles. The zero-order chi connectivity index (χ0) is 27.4. The summed E-state index contributed by atoms with van der Waals surface area (Å²) in [5.41, 5.74) is -0.0606. The van der Waals surface area contributed by atoms with Crippen LogP contribution >= 0.6 is 11.8 Å². The Labute approximate surface area is 218 Å². The van der Waals surface area contributed by atoms with Crippen molar-refractivity contribution in [3.63, 3.8) is 0 Å². The molecule has 0 aromatic heterocycles. The number of carbonyl (C=O) groups excluding carboxylic acids is 3. The van der Waals surface area contributed by atoms with Gasteiger partial charge < -0.3 is 35.0 Å². The maximum atomic E-state index is 12.5. The van der Waals surface area contributed by atoms with Crippen LogP contribution in [0.1, 0.15) is 20.3 Å². The molecule has 37 heavy (non-hydrogen) atoms. The number of β-lactam (4-membered cyclic amide) rings is 1. The molecular formula is C24H33N3O9S. The van der Waals surface area contributed by atoms with Gasteiger partial charge in [-0.1, -0.05) is 32.2 Å². The highest BCUT2D eigenvalue weighted by Crippen LogP contribution is 2.51. The van der Waals surface area contributed by atoms with Crippen molar-refractivity contribution in [1.82, 2.24) is 15.1 Å². The van der Waals surface area contributed by atoms with Crippen LogP contribution in [0.5, 0.6) is 0 Å². The number of carboxylic acid groups (broad SMARTS) is 1. The highest BCUT2D eigenvalue weighted by molar-refractivity contribution is 8.03. The van der Waals surface area contributed by atoms with Crippen LogP contribution in [0.4, 0.5) is 9.59 Å². The molecule has 3 aliphatic heterocycles. The third kappa shape index (κ3) is 5.84. The first kappa shape index (κ1) is 28.7. The van der Waals surface area contributed by atoms with E-state index in [9.17, 15) is 34.5 Å². The van der Waals surface area contributed by atoms with Gasteiger partial charge in [0, 0.05) is 28.7 Å². The third-order valence-corrected chi connectivity index (χ3v) is 8.16. The van der Waals surface area contributed by atoms with Crippen molar-refractivity contribution in [1.29, 1.82) is 0 Å². The van der Waals surface area contributed by atoms with E-state index in [4.69, 9.17) is 9.47 Å². The predicted molar refractivity (Wildman–Crippen MR) is 133 cm³/mol. The SMILES string of the molecule is C=CCOC(=O)N(CC(O)[C@@H]1C[C@H](SC2=C(C(=O)O)N3C(=O)[C@H]([C@@H](C)O)[C@H]3[C@H]2C)CN1)C(=O)OCC=C. The molecule has 3 aliphatic rings. The third-order valence-electron chi connectivity index (χ3n) is 6.65. The Morgan fingerprint density at radius 3 is 2.32 bits per heavy atom. The molecule has 3 amide bonds. The van der Waals surface area contributed by atoms with E-state index in [1.165, 1.54) is 35.7 Å². The van der Waals surface area contributed by atoms with Crippen LogP contribution < -0.4 is 5.32 Å². The number of carbonyl (C=O) groups is 4. The fourth-order valence-corrected chi connectivity index (χ4v) is 6.42. The largest absolute Gasteiger partial charge is 0.477 e. The minimum absolute atomic E-state index is 0.0606. The molecule has 1 unspecified atom stereocenters. The van der Waals surface area contributed by atoms with Gasteiger partial charge in [0.25, 0.3) is 0 Å². The van der Waals surface area contributed by atoms with Crippen LogP contribution in [0.15, 0.2) is 35.9 Å². The average Bonchev–Trinajstić information content (AvgIpc) is 3.40. The van der Waals surface area contributed by atoms with Crippen LogP contribution in [-0.4, -0.2) is 105 Å². The van der Waals surface area contributed by atoms with Gasteiger partial charge in [0.2, 0.25) is 5.91 Å². The normalized spacial score (nSPS) is 28.2. The molecule has 0 aromatic rings. The smallest absolute Gasteiger partial charge is 0.419 e. The summed E-state index contributed by atoms with van der Waals surface area (Å²) in [6.45, 7) is 10.0. The summed E-state index contributed by atoms with van der Waals surface area (Å²) in [5.74, 6) is -2.52. The number of aliphatic carboxylic acids is 1. The molecule has 2 saturated heterocycles. The molecule has 0 saturated carbocycles. The number of ether oxygens (including phenoxy) is 2. The molecular weight excluding hydrogens is 506 g/mol. The predicted octanol–water partition coefficient (Wildman–Crippen LogP) is 0.912. The van der Waals surface area contributed by atoms with Crippen molar-refractivity contribution >= 4 is 35.8 Å². The van der Waals surface area contributed by atoms with E-state index in [1.807, 2.05) is 6.92 Å². The Bertz CT molecular complexity index is 961. The molecule has 204 valence electrons. The summed E-state index contributed by atoms with van der Waals surface area (Å²) >= 11 is 1.33. The number of carboxylic acids is 1. The van der Waals surface area contributed by atoms with E-state index in [2.05, 4.69) is 18.5 Å². The first-order valence-corrected chi connectivity index (χ1v) is 12.8. The number of fused-ring (bicyclic) bond motifs is 1. The molecule has 7 atom stereocenters. The highest BCUT2D eigenvalue weighted by atomic mass is 32.2. The number of amides is 3. The maximum Gasteiger partial charge on any atom is 0.419 e. The van der Waals surface area contributed by atoms with Crippen molar-refractivity contribution in [2.45, 2.75) is 49.8 Å². The lowest BCUT2D eigenvalue weighted by molar-refractivity contribution is -0.163. The van der Waals surface area contributed by atoms with Gasteiger partial charge in [-0.25, -0.2) is 19.3 Å². The number of hydrogen-bond acceptors (Lipinski definition) is 10. The number of thioether (sulfide) groups is 1. The molecule has 0 aromatic carbocycles. The molecule has 0 radical (unpaired) electrons. The lowest BCUT2D eigenvalue weighted by Gasteiger charge is -2.46. The van der Waals surface area contributed by atoms with Crippen LogP contribution in [0, 0.1) is 11.8 Å². The van der Waals surface area contributed by atoms with E-state index in [0.29, 0.717) is 22.8 Å². The number of imide groups is 1. The van der Waals surface area contributed by atoms with Crippen LogP contribution in [0.3, 0.4) is 0 Å². The topological polar surface area (TPSA) is 166 Å². The van der Waals surface area contributed by atoms with E-state index < -0.39 is 54.3 Å². The zero-order valence-corrected chi connectivity index (χ0v) is 21.6. The second kappa shape index (κ2) is 12.1. The Morgan fingerprint density at radius 2 is 1.81 bits per heavy atom. The van der Waals surface area contributed by atoms with Gasteiger partial charge in [0.05, 0.1) is 30.7 Å². The lowest BCUT2D eigenvalue weighted by Crippen LogP contribution is -2.63. The Hall–Kier alpha value is -2.87. The Morgan fingerprint density at radius 1 is 1.22 bits per heavy atom. The van der Waals surface area contributed by atoms with Crippen LogP contribution in [0.25, 0.3) is 0 Å². The van der Waals surface area contributed by atoms with Crippen LogP contribution in [0.2, 0.25) is 0 Å². The van der Waals surface area contributed by atoms with Gasteiger partial charge >= 0.3 is 18.2 Å². The Balaban J connectivity index is 1.67. The summed E-state index contributed by atoms with van der Waals surface area (Å²) < 4.78 is 9.86. The summed E-state index contributed by atoms with van der Waals surface area (Å²) in [6.07, 6.45) is -0.942. The Kier molecular flexibility index (Phi) is 9.40.